The molecule has 0 aliphatic rings. The summed E-state index contributed by atoms with van der Waals surface area (Å²) in [5.74, 6) is 0. The molecule has 1 aromatic carbocycles. The van der Waals surface area contributed by atoms with E-state index in [4.69, 9.17) is 10.4 Å². The van der Waals surface area contributed by atoms with Gasteiger partial charge >= 0.3 is 0 Å². The lowest BCUT2D eigenvalue weighted by molar-refractivity contribution is -0.385. The predicted octanol–water partition coefficient (Wildman–Crippen LogP) is 1.29. The SMILES string of the molecule is CCN(CCO)c1ccc([N+](=O)[O-])c(C#N)c1. The summed E-state index contributed by atoms with van der Waals surface area (Å²) in [6, 6.07) is 6.17. The molecule has 0 radical (unpaired) electrons. The highest BCUT2D eigenvalue weighted by Gasteiger charge is 2.15. The van der Waals surface area contributed by atoms with Gasteiger partial charge in [0.05, 0.1) is 11.5 Å². The van der Waals surface area contributed by atoms with E-state index in [0.717, 1.165) is 0 Å². The fourth-order valence-corrected chi connectivity index (χ4v) is 1.56. The first-order valence-corrected chi connectivity index (χ1v) is 5.18. The molecule has 0 heterocycles. The molecule has 1 N–H and O–H groups in total. The Morgan fingerprint density at radius 3 is 2.76 bits per heavy atom. The standard InChI is InChI=1S/C11H13N3O3/c1-2-13(5-6-15)10-3-4-11(14(16)17)9(7-10)8-12/h3-4,7,15H,2,5-6H2,1H3. The first-order chi connectivity index (χ1) is 8.13. The summed E-state index contributed by atoms with van der Waals surface area (Å²) < 4.78 is 0. The maximum absolute atomic E-state index is 10.7. The lowest BCUT2D eigenvalue weighted by atomic mass is 10.1. The normalized spacial score (nSPS) is 9.71. The van der Waals surface area contributed by atoms with Crippen LogP contribution in [-0.4, -0.2) is 29.7 Å². The van der Waals surface area contributed by atoms with Crippen molar-refractivity contribution in [3.8, 4) is 6.07 Å². The van der Waals surface area contributed by atoms with Gasteiger partial charge in [-0.1, -0.05) is 0 Å². The van der Waals surface area contributed by atoms with Crippen LogP contribution in [0.15, 0.2) is 18.2 Å². The number of aliphatic hydroxyl groups is 1. The number of nitro benzene ring substituents is 1. The van der Waals surface area contributed by atoms with Crippen LogP contribution < -0.4 is 4.90 Å². The number of hydrogen-bond acceptors (Lipinski definition) is 5. The number of hydrogen-bond donors (Lipinski definition) is 1. The van der Waals surface area contributed by atoms with Gasteiger partial charge in [-0.3, -0.25) is 10.1 Å². The maximum Gasteiger partial charge on any atom is 0.287 e. The average Bonchev–Trinajstić information content (AvgIpc) is 2.34. The molecule has 0 aromatic heterocycles. The summed E-state index contributed by atoms with van der Waals surface area (Å²) in [4.78, 5) is 11.9. The molecule has 1 rings (SSSR count). The van der Waals surface area contributed by atoms with Crippen molar-refractivity contribution in [3.05, 3.63) is 33.9 Å². The van der Waals surface area contributed by atoms with Crippen LogP contribution in [0.1, 0.15) is 12.5 Å². The fourth-order valence-electron chi connectivity index (χ4n) is 1.56. The summed E-state index contributed by atoms with van der Waals surface area (Å²) >= 11 is 0. The Morgan fingerprint density at radius 2 is 2.29 bits per heavy atom. The summed E-state index contributed by atoms with van der Waals surface area (Å²) in [6.07, 6.45) is 0. The van der Waals surface area contributed by atoms with Gasteiger partial charge in [0.25, 0.3) is 5.69 Å². The molecule has 6 heteroatoms. The van der Waals surface area contributed by atoms with E-state index in [1.807, 2.05) is 17.9 Å². The third kappa shape index (κ3) is 2.92. The third-order valence-corrected chi connectivity index (χ3v) is 2.41. The largest absolute Gasteiger partial charge is 0.395 e. The number of aliphatic hydroxyl groups excluding tert-OH is 1. The highest BCUT2D eigenvalue weighted by atomic mass is 16.6. The second-order valence-corrected chi connectivity index (χ2v) is 3.37. The van der Waals surface area contributed by atoms with Gasteiger partial charge in [-0.25, -0.2) is 0 Å². The zero-order valence-electron chi connectivity index (χ0n) is 9.46. The fraction of sp³-hybridized carbons (Fsp3) is 0.364. The molecule has 0 saturated heterocycles. The number of likely N-dealkylation sites (N-methyl/N-ethyl adjacent to an activating group) is 1. The minimum absolute atomic E-state index is 0.00723. The van der Waals surface area contributed by atoms with E-state index in [0.29, 0.717) is 18.8 Å². The second kappa shape index (κ2) is 5.82. The van der Waals surface area contributed by atoms with Gasteiger partial charge in [-0.05, 0) is 19.1 Å². The van der Waals surface area contributed by atoms with Crippen molar-refractivity contribution < 1.29 is 10.0 Å². The van der Waals surface area contributed by atoms with Gasteiger partial charge in [-0.2, -0.15) is 5.26 Å². The van der Waals surface area contributed by atoms with Gasteiger partial charge in [0.15, 0.2) is 0 Å². The number of nitriles is 1. The molecule has 0 unspecified atom stereocenters. The van der Waals surface area contributed by atoms with Crippen molar-refractivity contribution in [2.75, 3.05) is 24.6 Å². The van der Waals surface area contributed by atoms with Crippen LogP contribution in [0.2, 0.25) is 0 Å². The molecule has 0 aliphatic heterocycles. The minimum atomic E-state index is -0.579. The molecule has 0 amide bonds. The molecule has 0 saturated carbocycles. The Morgan fingerprint density at radius 1 is 1.59 bits per heavy atom. The summed E-state index contributed by atoms with van der Waals surface area (Å²) in [5, 5.41) is 28.4. The molecule has 6 nitrogen and oxygen atoms in total. The molecule has 0 aliphatic carbocycles. The maximum atomic E-state index is 10.7. The smallest absolute Gasteiger partial charge is 0.287 e. The quantitative estimate of drug-likeness (QED) is 0.613. The molecular formula is C11H13N3O3. The lowest BCUT2D eigenvalue weighted by Crippen LogP contribution is -2.26. The molecule has 0 fully saturated rings. The van der Waals surface area contributed by atoms with Crippen LogP contribution in [0.4, 0.5) is 11.4 Å². The van der Waals surface area contributed by atoms with Crippen molar-refractivity contribution in [1.29, 1.82) is 5.26 Å². The number of nitrogens with zero attached hydrogens (tertiary/aromatic N) is 3. The van der Waals surface area contributed by atoms with E-state index in [1.54, 1.807) is 6.07 Å². The van der Waals surface area contributed by atoms with Crippen LogP contribution in [0.5, 0.6) is 0 Å². The Kier molecular flexibility index (Phi) is 4.43. The van der Waals surface area contributed by atoms with E-state index >= 15 is 0 Å². The molecule has 0 spiro atoms. The summed E-state index contributed by atoms with van der Waals surface area (Å²) in [5.41, 5.74) is 0.531. The average molecular weight is 235 g/mol. The zero-order chi connectivity index (χ0) is 12.8. The van der Waals surface area contributed by atoms with Crippen molar-refractivity contribution in [2.45, 2.75) is 6.92 Å². The van der Waals surface area contributed by atoms with Gasteiger partial charge in [0.2, 0.25) is 0 Å². The first kappa shape index (κ1) is 12.9. The first-order valence-electron chi connectivity index (χ1n) is 5.18. The zero-order valence-corrected chi connectivity index (χ0v) is 9.46. The Bertz CT molecular complexity index is 454. The summed E-state index contributed by atoms with van der Waals surface area (Å²) in [6.45, 7) is 2.98. The topological polar surface area (TPSA) is 90.4 Å². The van der Waals surface area contributed by atoms with Crippen molar-refractivity contribution >= 4 is 11.4 Å². The minimum Gasteiger partial charge on any atom is -0.395 e. The molecule has 90 valence electrons. The second-order valence-electron chi connectivity index (χ2n) is 3.37. The highest BCUT2D eigenvalue weighted by Crippen LogP contribution is 2.24. The summed E-state index contributed by atoms with van der Waals surface area (Å²) in [7, 11) is 0. The molecular weight excluding hydrogens is 222 g/mol. The lowest BCUT2D eigenvalue weighted by Gasteiger charge is -2.21. The number of anilines is 1. The van der Waals surface area contributed by atoms with Gasteiger partial charge < -0.3 is 10.0 Å². The number of nitro groups is 1. The van der Waals surface area contributed by atoms with Crippen LogP contribution in [0.3, 0.4) is 0 Å². The van der Waals surface area contributed by atoms with Crippen LogP contribution >= 0.6 is 0 Å². The molecule has 17 heavy (non-hydrogen) atoms. The van der Waals surface area contributed by atoms with E-state index < -0.39 is 4.92 Å². The number of benzene rings is 1. The van der Waals surface area contributed by atoms with Gasteiger partial charge in [0, 0.05) is 24.8 Å². The van der Waals surface area contributed by atoms with E-state index in [-0.39, 0.29) is 17.9 Å². The Balaban J connectivity index is 3.13. The van der Waals surface area contributed by atoms with Crippen LogP contribution in [0, 0.1) is 21.4 Å². The molecule has 0 atom stereocenters. The Labute approximate surface area is 98.9 Å². The number of rotatable bonds is 5. The monoisotopic (exact) mass is 235 g/mol. The van der Waals surface area contributed by atoms with E-state index in [1.165, 1.54) is 12.1 Å². The predicted molar refractivity (Wildman–Crippen MR) is 62.8 cm³/mol. The van der Waals surface area contributed by atoms with Gasteiger partial charge in [0.1, 0.15) is 11.6 Å². The van der Waals surface area contributed by atoms with Crippen LogP contribution in [0.25, 0.3) is 0 Å². The van der Waals surface area contributed by atoms with Crippen molar-refractivity contribution in [2.24, 2.45) is 0 Å². The molecule has 0 bridgehead atoms. The highest BCUT2D eigenvalue weighted by molar-refractivity contribution is 5.59. The molecule has 1 aromatic rings. The van der Waals surface area contributed by atoms with Gasteiger partial charge in [-0.15, -0.1) is 0 Å². The Hall–Kier alpha value is -2.13. The van der Waals surface area contributed by atoms with Crippen molar-refractivity contribution in [3.63, 3.8) is 0 Å². The third-order valence-electron chi connectivity index (χ3n) is 2.41. The van der Waals surface area contributed by atoms with E-state index in [2.05, 4.69) is 0 Å². The van der Waals surface area contributed by atoms with Crippen LogP contribution in [-0.2, 0) is 0 Å². The van der Waals surface area contributed by atoms with Crippen molar-refractivity contribution in [1.82, 2.24) is 0 Å². The van der Waals surface area contributed by atoms with E-state index in [9.17, 15) is 10.1 Å².